The standard InChI is InChI=1S/C16H23N5/c1-20-10-4-5-12(11-20)21-15-14(7-3-9-18-15)19-16(21)13-6-2-8-17-13/h3,7,9,12-13,17H,2,4-6,8,10-11H2,1H3. The van der Waals surface area contributed by atoms with Gasteiger partial charge in [-0.05, 0) is 58.0 Å². The number of nitrogens with zero attached hydrogens (tertiary/aromatic N) is 4. The molecule has 2 aliphatic heterocycles. The number of aromatic nitrogens is 3. The smallest absolute Gasteiger partial charge is 0.160 e. The minimum atomic E-state index is 0.395. The third-order valence-corrected chi connectivity index (χ3v) is 4.81. The topological polar surface area (TPSA) is 46.0 Å². The van der Waals surface area contributed by atoms with E-state index in [2.05, 4.69) is 32.9 Å². The molecule has 21 heavy (non-hydrogen) atoms. The van der Waals surface area contributed by atoms with E-state index in [4.69, 9.17) is 4.98 Å². The van der Waals surface area contributed by atoms with Crippen molar-refractivity contribution < 1.29 is 0 Å². The second-order valence-electron chi connectivity index (χ2n) is 6.39. The number of pyridine rings is 1. The molecule has 2 aromatic rings. The summed E-state index contributed by atoms with van der Waals surface area (Å²) in [7, 11) is 2.21. The molecule has 0 saturated carbocycles. The lowest BCUT2D eigenvalue weighted by Gasteiger charge is -2.32. The summed E-state index contributed by atoms with van der Waals surface area (Å²) in [4.78, 5) is 12.0. The van der Waals surface area contributed by atoms with Crippen LogP contribution in [0, 0.1) is 0 Å². The van der Waals surface area contributed by atoms with E-state index in [0.29, 0.717) is 12.1 Å². The first kappa shape index (κ1) is 13.2. The van der Waals surface area contributed by atoms with E-state index < -0.39 is 0 Å². The van der Waals surface area contributed by atoms with Gasteiger partial charge >= 0.3 is 0 Å². The molecule has 0 amide bonds. The monoisotopic (exact) mass is 285 g/mol. The van der Waals surface area contributed by atoms with Crippen molar-refractivity contribution in [1.29, 1.82) is 0 Å². The molecule has 112 valence electrons. The molecule has 2 atom stereocenters. The molecule has 0 aliphatic carbocycles. The molecule has 2 unspecified atom stereocenters. The minimum Gasteiger partial charge on any atom is -0.307 e. The second-order valence-corrected chi connectivity index (χ2v) is 6.39. The molecule has 1 N–H and O–H groups in total. The Bertz CT molecular complexity index is 629. The predicted octanol–water partition coefficient (Wildman–Crippen LogP) is 2.12. The van der Waals surface area contributed by atoms with Crippen molar-refractivity contribution in [3.63, 3.8) is 0 Å². The molecule has 4 heterocycles. The van der Waals surface area contributed by atoms with Gasteiger partial charge in [0, 0.05) is 18.8 Å². The molecule has 4 rings (SSSR count). The van der Waals surface area contributed by atoms with Crippen LogP contribution in [-0.4, -0.2) is 46.1 Å². The summed E-state index contributed by atoms with van der Waals surface area (Å²) in [5.74, 6) is 1.20. The van der Waals surface area contributed by atoms with Gasteiger partial charge in [0.15, 0.2) is 5.65 Å². The lowest BCUT2D eigenvalue weighted by molar-refractivity contribution is 0.210. The van der Waals surface area contributed by atoms with Crippen LogP contribution in [0.4, 0.5) is 0 Å². The Kier molecular flexibility index (Phi) is 3.39. The number of rotatable bonds is 2. The largest absolute Gasteiger partial charge is 0.307 e. The van der Waals surface area contributed by atoms with Crippen molar-refractivity contribution in [2.45, 2.75) is 37.8 Å². The number of nitrogens with one attached hydrogen (secondary N) is 1. The molecule has 5 nitrogen and oxygen atoms in total. The van der Waals surface area contributed by atoms with Gasteiger partial charge in [0.25, 0.3) is 0 Å². The molecule has 0 spiro atoms. The maximum absolute atomic E-state index is 4.91. The Morgan fingerprint density at radius 2 is 2.24 bits per heavy atom. The van der Waals surface area contributed by atoms with E-state index in [1.54, 1.807) is 0 Å². The average Bonchev–Trinajstić information content (AvgIpc) is 3.14. The second kappa shape index (κ2) is 5.39. The van der Waals surface area contributed by atoms with Crippen molar-refractivity contribution in [2.24, 2.45) is 0 Å². The number of likely N-dealkylation sites (tertiary alicyclic amines) is 1. The van der Waals surface area contributed by atoms with Crippen molar-refractivity contribution in [3.05, 3.63) is 24.2 Å². The van der Waals surface area contributed by atoms with Crippen molar-refractivity contribution in [3.8, 4) is 0 Å². The van der Waals surface area contributed by atoms with Crippen LogP contribution in [0.5, 0.6) is 0 Å². The van der Waals surface area contributed by atoms with Crippen LogP contribution in [0.2, 0.25) is 0 Å². The fourth-order valence-electron chi connectivity index (χ4n) is 3.81. The highest BCUT2D eigenvalue weighted by Gasteiger charge is 2.29. The van der Waals surface area contributed by atoms with E-state index in [-0.39, 0.29) is 0 Å². The average molecular weight is 285 g/mol. The summed E-state index contributed by atoms with van der Waals surface area (Å²) in [6.45, 7) is 3.40. The normalized spacial score (nSPS) is 27.5. The van der Waals surface area contributed by atoms with Gasteiger partial charge in [-0.1, -0.05) is 0 Å². The van der Waals surface area contributed by atoms with Gasteiger partial charge in [0.05, 0.1) is 6.04 Å². The maximum Gasteiger partial charge on any atom is 0.160 e. The molecular formula is C16H23N5. The third kappa shape index (κ3) is 2.34. The number of piperidine rings is 1. The molecule has 0 bridgehead atoms. The number of hydrogen-bond donors (Lipinski definition) is 1. The van der Waals surface area contributed by atoms with Gasteiger partial charge in [-0.25, -0.2) is 9.97 Å². The lowest BCUT2D eigenvalue weighted by Crippen LogP contribution is -2.35. The molecule has 0 radical (unpaired) electrons. The Balaban J connectivity index is 1.81. The molecule has 2 aliphatic rings. The summed E-state index contributed by atoms with van der Waals surface area (Å²) < 4.78 is 2.42. The van der Waals surface area contributed by atoms with E-state index >= 15 is 0 Å². The molecule has 0 aromatic carbocycles. The first-order valence-corrected chi connectivity index (χ1v) is 8.08. The Morgan fingerprint density at radius 3 is 3.05 bits per heavy atom. The van der Waals surface area contributed by atoms with E-state index in [9.17, 15) is 0 Å². The third-order valence-electron chi connectivity index (χ3n) is 4.81. The summed E-state index contributed by atoms with van der Waals surface area (Å²) in [5, 5.41) is 3.60. The van der Waals surface area contributed by atoms with Crippen LogP contribution in [0.25, 0.3) is 11.2 Å². The van der Waals surface area contributed by atoms with Crippen LogP contribution in [0.3, 0.4) is 0 Å². The number of hydrogen-bond acceptors (Lipinski definition) is 4. The maximum atomic E-state index is 4.91. The van der Waals surface area contributed by atoms with Gasteiger partial charge in [0.1, 0.15) is 11.3 Å². The fourth-order valence-corrected chi connectivity index (χ4v) is 3.81. The van der Waals surface area contributed by atoms with Crippen LogP contribution in [0.15, 0.2) is 18.3 Å². The lowest BCUT2D eigenvalue weighted by atomic mass is 10.1. The van der Waals surface area contributed by atoms with Gasteiger partial charge in [-0.3, -0.25) is 0 Å². The summed E-state index contributed by atoms with van der Waals surface area (Å²) in [6, 6.07) is 4.97. The van der Waals surface area contributed by atoms with E-state index in [1.807, 2.05) is 12.3 Å². The van der Waals surface area contributed by atoms with Crippen LogP contribution < -0.4 is 5.32 Å². The summed E-state index contributed by atoms with van der Waals surface area (Å²) in [6.07, 6.45) is 6.80. The first-order chi connectivity index (χ1) is 10.3. The zero-order chi connectivity index (χ0) is 14.2. The van der Waals surface area contributed by atoms with Gasteiger partial charge in [-0.15, -0.1) is 0 Å². The van der Waals surface area contributed by atoms with Crippen molar-refractivity contribution in [2.75, 3.05) is 26.7 Å². The summed E-state index contributed by atoms with van der Waals surface area (Å²) >= 11 is 0. The zero-order valence-electron chi connectivity index (χ0n) is 12.6. The van der Waals surface area contributed by atoms with Gasteiger partial charge < -0.3 is 14.8 Å². The molecule has 2 fully saturated rings. The zero-order valence-corrected chi connectivity index (χ0v) is 12.6. The van der Waals surface area contributed by atoms with Crippen LogP contribution in [0.1, 0.15) is 43.6 Å². The highest BCUT2D eigenvalue weighted by Crippen LogP contribution is 2.31. The molecular weight excluding hydrogens is 262 g/mol. The van der Waals surface area contributed by atoms with Crippen LogP contribution >= 0.6 is 0 Å². The van der Waals surface area contributed by atoms with Gasteiger partial charge in [-0.2, -0.15) is 0 Å². The highest BCUT2D eigenvalue weighted by molar-refractivity contribution is 5.71. The van der Waals surface area contributed by atoms with Crippen molar-refractivity contribution in [1.82, 2.24) is 24.8 Å². The number of likely N-dealkylation sites (N-methyl/N-ethyl adjacent to an activating group) is 1. The molecule has 2 aromatic heterocycles. The molecule has 2 saturated heterocycles. The highest BCUT2D eigenvalue weighted by atomic mass is 15.2. The quantitative estimate of drug-likeness (QED) is 0.918. The SMILES string of the molecule is CN1CCCC(n2c(C3CCCN3)nc3cccnc32)C1. The summed E-state index contributed by atoms with van der Waals surface area (Å²) in [5.41, 5.74) is 2.09. The van der Waals surface area contributed by atoms with E-state index in [0.717, 1.165) is 24.3 Å². The van der Waals surface area contributed by atoms with Crippen molar-refractivity contribution >= 4 is 11.2 Å². The molecule has 5 heteroatoms. The first-order valence-electron chi connectivity index (χ1n) is 8.08. The number of fused-ring (bicyclic) bond motifs is 1. The van der Waals surface area contributed by atoms with E-state index in [1.165, 1.54) is 38.1 Å². The minimum absolute atomic E-state index is 0.395. The van der Waals surface area contributed by atoms with Crippen LogP contribution in [-0.2, 0) is 0 Å². The van der Waals surface area contributed by atoms with Gasteiger partial charge in [0.2, 0.25) is 0 Å². The number of imidazole rings is 1. The fraction of sp³-hybridized carbons (Fsp3) is 0.625. The Morgan fingerprint density at radius 1 is 1.29 bits per heavy atom. The predicted molar refractivity (Wildman–Crippen MR) is 83.3 cm³/mol. The Hall–Kier alpha value is -1.46. The Labute approximate surface area is 125 Å².